The number of aromatic nitrogens is 1. The van der Waals surface area contributed by atoms with E-state index in [4.69, 9.17) is 11.6 Å². The van der Waals surface area contributed by atoms with Gasteiger partial charge in [-0.3, -0.25) is 4.72 Å². The van der Waals surface area contributed by atoms with E-state index in [9.17, 15) is 8.42 Å². The van der Waals surface area contributed by atoms with Gasteiger partial charge in [0, 0.05) is 0 Å². The standard InChI is InChI=1S/C10H15ClN2O2S/c1-2-3-4-7-16(14,15)13-9-5-6-10(11)12-8-9/h5-6,8,13H,2-4,7H2,1H3. The van der Waals surface area contributed by atoms with Gasteiger partial charge in [-0.2, -0.15) is 0 Å². The molecule has 0 fully saturated rings. The summed E-state index contributed by atoms with van der Waals surface area (Å²) in [6.45, 7) is 2.03. The van der Waals surface area contributed by atoms with Crippen molar-refractivity contribution in [1.29, 1.82) is 0 Å². The molecular formula is C10H15ClN2O2S. The number of rotatable bonds is 6. The third-order valence-corrected chi connectivity index (χ3v) is 3.61. The first-order valence-corrected chi connectivity index (χ1v) is 7.18. The number of unbranched alkanes of at least 4 members (excludes halogenated alkanes) is 2. The zero-order chi connectivity index (χ0) is 12.0. The van der Waals surface area contributed by atoms with Crippen LogP contribution in [0.25, 0.3) is 0 Å². The number of pyridine rings is 1. The molecule has 0 saturated carbocycles. The van der Waals surface area contributed by atoms with Crippen LogP contribution in [-0.4, -0.2) is 19.2 Å². The fourth-order valence-corrected chi connectivity index (χ4v) is 2.49. The van der Waals surface area contributed by atoms with Crippen LogP contribution < -0.4 is 4.72 Å². The van der Waals surface area contributed by atoms with Crippen LogP contribution in [0.5, 0.6) is 0 Å². The van der Waals surface area contributed by atoms with Crippen LogP contribution in [0.4, 0.5) is 5.69 Å². The highest BCUT2D eigenvalue weighted by atomic mass is 35.5. The van der Waals surface area contributed by atoms with Crippen molar-refractivity contribution in [2.24, 2.45) is 0 Å². The Balaban J connectivity index is 2.55. The van der Waals surface area contributed by atoms with E-state index in [1.54, 1.807) is 12.1 Å². The summed E-state index contributed by atoms with van der Waals surface area (Å²) in [6.07, 6.45) is 3.99. The number of sulfonamides is 1. The molecular weight excluding hydrogens is 248 g/mol. The summed E-state index contributed by atoms with van der Waals surface area (Å²) in [7, 11) is -3.25. The lowest BCUT2D eigenvalue weighted by atomic mass is 10.3. The summed E-state index contributed by atoms with van der Waals surface area (Å²) in [4.78, 5) is 3.80. The molecule has 0 radical (unpaired) electrons. The summed E-state index contributed by atoms with van der Waals surface area (Å²) in [5.74, 6) is 0.142. The van der Waals surface area contributed by atoms with Gasteiger partial charge in [0.25, 0.3) is 0 Å². The van der Waals surface area contributed by atoms with Gasteiger partial charge in [-0.25, -0.2) is 13.4 Å². The Kier molecular flexibility index (Phi) is 5.02. The molecule has 0 aromatic carbocycles. The van der Waals surface area contributed by atoms with Gasteiger partial charge in [0.15, 0.2) is 0 Å². The summed E-state index contributed by atoms with van der Waals surface area (Å²) >= 11 is 5.60. The second kappa shape index (κ2) is 6.06. The van der Waals surface area contributed by atoms with E-state index in [1.807, 2.05) is 6.92 Å². The molecule has 0 spiro atoms. The number of hydrogen-bond donors (Lipinski definition) is 1. The smallest absolute Gasteiger partial charge is 0.232 e. The maximum absolute atomic E-state index is 11.6. The van der Waals surface area contributed by atoms with Crippen LogP contribution in [0.15, 0.2) is 18.3 Å². The molecule has 0 aliphatic heterocycles. The van der Waals surface area contributed by atoms with Crippen molar-refractivity contribution in [2.75, 3.05) is 10.5 Å². The molecule has 4 nitrogen and oxygen atoms in total. The predicted molar refractivity (Wildman–Crippen MR) is 66.2 cm³/mol. The third-order valence-electron chi connectivity index (χ3n) is 2.02. The van der Waals surface area contributed by atoms with Crippen molar-refractivity contribution in [3.63, 3.8) is 0 Å². The predicted octanol–water partition coefficient (Wildman–Crippen LogP) is 2.67. The van der Waals surface area contributed by atoms with Gasteiger partial charge in [0.05, 0.1) is 17.6 Å². The molecule has 0 bridgehead atoms. The first-order chi connectivity index (χ1) is 7.53. The minimum Gasteiger partial charge on any atom is -0.282 e. The molecule has 0 aliphatic rings. The Hall–Kier alpha value is -0.810. The average Bonchev–Trinajstić information content (AvgIpc) is 2.21. The van der Waals surface area contributed by atoms with E-state index in [2.05, 4.69) is 9.71 Å². The maximum Gasteiger partial charge on any atom is 0.232 e. The van der Waals surface area contributed by atoms with Gasteiger partial charge in [-0.05, 0) is 18.6 Å². The lowest BCUT2D eigenvalue weighted by molar-refractivity contribution is 0.596. The molecule has 1 aromatic rings. The second-order valence-electron chi connectivity index (χ2n) is 3.50. The van der Waals surface area contributed by atoms with E-state index in [-0.39, 0.29) is 5.75 Å². The van der Waals surface area contributed by atoms with Gasteiger partial charge in [0.2, 0.25) is 10.0 Å². The van der Waals surface area contributed by atoms with E-state index in [1.165, 1.54) is 6.20 Å². The van der Waals surface area contributed by atoms with E-state index >= 15 is 0 Å². The average molecular weight is 263 g/mol. The van der Waals surface area contributed by atoms with Gasteiger partial charge < -0.3 is 0 Å². The Morgan fingerprint density at radius 3 is 2.69 bits per heavy atom. The molecule has 1 heterocycles. The number of halogens is 1. The number of hydrogen-bond acceptors (Lipinski definition) is 3. The number of nitrogens with zero attached hydrogens (tertiary/aromatic N) is 1. The first kappa shape index (κ1) is 13.3. The lowest BCUT2D eigenvalue weighted by Gasteiger charge is -2.06. The summed E-state index contributed by atoms with van der Waals surface area (Å²) < 4.78 is 25.6. The van der Waals surface area contributed by atoms with Gasteiger partial charge >= 0.3 is 0 Å². The number of anilines is 1. The highest BCUT2D eigenvalue weighted by Gasteiger charge is 2.09. The van der Waals surface area contributed by atoms with Crippen molar-refractivity contribution in [3.8, 4) is 0 Å². The normalized spacial score (nSPS) is 11.4. The van der Waals surface area contributed by atoms with Crippen molar-refractivity contribution in [1.82, 2.24) is 4.98 Å². The zero-order valence-electron chi connectivity index (χ0n) is 9.11. The summed E-state index contributed by atoms with van der Waals surface area (Å²) in [6, 6.07) is 3.14. The fourth-order valence-electron chi connectivity index (χ4n) is 1.21. The topological polar surface area (TPSA) is 59.1 Å². The van der Waals surface area contributed by atoms with Crippen LogP contribution in [0, 0.1) is 0 Å². The molecule has 0 amide bonds. The van der Waals surface area contributed by atoms with Crippen molar-refractivity contribution >= 4 is 27.3 Å². The monoisotopic (exact) mass is 262 g/mol. The molecule has 1 N–H and O–H groups in total. The largest absolute Gasteiger partial charge is 0.282 e. The van der Waals surface area contributed by atoms with Crippen molar-refractivity contribution in [2.45, 2.75) is 26.2 Å². The second-order valence-corrected chi connectivity index (χ2v) is 5.73. The third kappa shape index (κ3) is 4.81. The SMILES string of the molecule is CCCCCS(=O)(=O)Nc1ccc(Cl)nc1. The molecule has 0 saturated heterocycles. The Morgan fingerprint density at radius 2 is 2.12 bits per heavy atom. The van der Waals surface area contributed by atoms with Crippen LogP contribution in [0.2, 0.25) is 5.15 Å². The first-order valence-electron chi connectivity index (χ1n) is 5.15. The van der Waals surface area contributed by atoms with Gasteiger partial charge in [0.1, 0.15) is 5.15 Å². The minimum atomic E-state index is -3.25. The molecule has 90 valence electrons. The molecule has 0 atom stereocenters. The van der Waals surface area contributed by atoms with Crippen LogP contribution >= 0.6 is 11.6 Å². The molecule has 0 aliphatic carbocycles. The van der Waals surface area contributed by atoms with Gasteiger partial charge in [-0.15, -0.1) is 0 Å². The minimum absolute atomic E-state index is 0.142. The number of nitrogens with one attached hydrogen (secondary N) is 1. The van der Waals surface area contributed by atoms with E-state index in [0.717, 1.165) is 12.8 Å². The Labute approximate surface area is 101 Å². The van der Waals surface area contributed by atoms with Crippen LogP contribution in [-0.2, 0) is 10.0 Å². The maximum atomic E-state index is 11.6. The summed E-state index contributed by atoms with van der Waals surface area (Å²) in [5, 5.41) is 0.342. The molecule has 6 heteroatoms. The van der Waals surface area contributed by atoms with Gasteiger partial charge in [-0.1, -0.05) is 31.4 Å². The zero-order valence-corrected chi connectivity index (χ0v) is 10.7. The lowest BCUT2D eigenvalue weighted by Crippen LogP contribution is -2.16. The molecule has 0 unspecified atom stereocenters. The highest BCUT2D eigenvalue weighted by molar-refractivity contribution is 7.92. The Morgan fingerprint density at radius 1 is 1.38 bits per heavy atom. The summed E-state index contributed by atoms with van der Waals surface area (Å²) in [5.41, 5.74) is 0.445. The van der Waals surface area contributed by atoms with Crippen molar-refractivity contribution in [3.05, 3.63) is 23.5 Å². The van der Waals surface area contributed by atoms with Crippen LogP contribution in [0.3, 0.4) is 0 Å². The van der Waals surface area contributed by atoms with E-state index in [0.29, 0.717) is 17.3 Å². The molecule has 1 rings (SSSR count). The molecule has 1 aromatic heterocycles. The van der Waals surface area contributed by atoms with E-state index < -0.39 is 10.0 Å². The molecule has 16 heavy (non-hydrogen) atoms. The van der Waals surface area contributed by atoms with Crippen molar-refractivity contribution < 1.29 is 8.42 Å². The highest BCUT2D eigenvalue weighted by Crippen LogP contribution is 2.12. The Bertz CT molecular complexity index is 417. The van der Waals surface area contributed by atoms with Crippen LogP contribution in [0.1, 0.15) is 26.2 Å². The fraction of sp³-hybridized carbons (Fsp3) is 0.500. The quantitative estimate of drug-likeness (QED) is 0.633.